The van der Waals surface area contributed by atoms with Crippen LogP contribution in [0.15, 0.2) is 16.6 Å². The molecule has 2 rings (SSSR count). The molecule has 0 saturated heterocycles. The van der Waals surface area contributed by atoms with E-state index in [0.29, 0.717) is 12.0 Å². The molecule has 0 aromatic carbocycles. The number of rotatable bonds is 3. The maximum atomic E-state index is 13.1. The largest absolute Gasteiger partial charge is 0.395 e. The van der Waals surface area contributed by atoms with Crippen molar-refractivity contribution in [2.24, 2.45) is 5.41 Å². The van der Waals surface area contributed by atoms with Crippen molar-refractivity contribution in [2.45, 2.75) is 6.42 Å². The Hall–Kier alpha value is -1.73. The summed E-state index contributed by atoms with van der Waals surface area (Å²) in [7, 11) is 0. The van der Waals surface area contributed by atoms with Crippen molar-refractivity contribution < 1.29 is 14.6 Å². The third kappa shape index (κ3) is 1.94. The molecule has 1 aliphatic rings. The Labute approximate surface area is 95.8 Å². The highest BCUT2D eigenvalue weighted by atomic mass is 19.1. The van der Waals surface area contributed by atoms with Crippen molar-refractivity contribution in [2.75, 3.05) is 18.9 Å². The zero-order valence-corrected chi connectivity index (χ0v) is 8.93. The molecule has 0 atom stereocenters. The van der Waals surface area contributed by atoms with Gasteiger partial charge in [-0.2, -0.15) is 4.98 Å². The fourth-order valence-electron chi connectivity index (χ4n) is 1.59. The molecule has 1 aromatic heterocycles. The summed E-state index contributed by atoms with van der Waals surface area (Å²) >= 11 is 0. The second-order valence-electron chi connectivity index (χ2n) is 4.09. The third-order valence-electron chi connectivity index (χ3n) is 2.92. The summed E-state index contributed by atoms with van der Waals surface area (Å²) in [5.41, 5.74) is 4.43. The van der Waals surface area contributed by atoms with Crippen molar-refractivity contribution in [3.05, 3.63) is 28.1 Å². The summed E-state index contributed by atoms with van der Waals surface area (Å²) in [6.07, 6.45) is 2.76. The summed E-state index contributed by atoms with van der Waals surface area (Å²) in [6, 6.07) is 0. The van der Waals surface area contributed by atoms with Gasteiger partial charge >= 0.3 is 5.69 Å². The third-order valence-corrected chi connectivity index (χ3v) is 2.92. The van der Waals surface area contributed by atoms with Crippen LogP contribution in [0.25, 0.3) is 6.20 Å². The van der Waals surface area contributed by atoms with E-state index < -0.39 is 22.7 Å². The highest BCUT2D eigenvalue weighted by molar-refractivity contribution is 5.47. The van der Waals surface area contributed by atoms with E-state index in [-0.39, 0.29) is 13.2 Å². The van der Waals surface area contributed by atoms with Gasteiger partial charge in [-0.05, 0) is 12.0 Å². The van der Waals surface area contributed by atoms with Crippen molar-refractivity contribution >= 4 is 12.0 Å². The number of aromatic nitrogens is 2. The van der Waals surface area contributed by atoms with Gasteiger partial charge in [0, 0.05) is 11.6 Å². The molecule has 4 N–H and O–H groups in total. The van der Waals surface area contributed by atoms with E-state index >= 15 is 0 Å². The van der Waals surface area contributed by atoms with E-state index in [1.165, 1.54) is 6.20 Å². The molecule has 1 saturated carbocycles. The Balaban J connectivity index is 2.36. The molecule has 1 fully saturated rings. The molecule has 6 nitrogen and oxygen atoms in total. The number of aliphatic hydroxyl groups excluding tert-OH is 2. The summed E-state index contributed by atoms with van der Waals surface area (Å²) in [6.45, 7) is -0.427. The monoisotopic (exact) mass is 241 g/mol. The van der Waals surface area contributed by atoms with E-state index in [4.69, 9.17) is 15.9 Å². The Bertz CT molecular complexity index is 534. The lowest BCUT2D eigenvalue weighted by Crippen LogP contribution is -2.21. The standard InChI is InChI=1S/C10H12FN3O3/c11-7-3-14(9(17)13-8(7)12)2-6-1-10(6,4-15)5-16/h2-3,15-16H,1,4-5H2,(H2,12,13,17). The molecule has 1 aliphatic carbocycles. The van der Waals surface area contributed by atoms with Crippen molar-refractivity contribution in [1.82, 2.24) is 9.55 Å². The first-order valence-electron chi connectivity index (χ1n) is 4.99. The molecule has 17 heavy (non-hydrogen) atoms. The lowest BCUT2D eigenvalue weighted by molar-refractivity contribution is 0.143. The molecular weight excluding hydrogens is 229 g/mol. The van der Waals surface area contributed by atoms with Crippen LogP contribution in [0.3, 0.4) is 0 Å². The molecule has 0 spiro atoms. The topological polar surface area (TPSA) is 101 Å². The van der Waals surface area contributed by atoms with Crippen LogP contribution in [0.1, 0.15) is 6.42 Å². The van der Waals surface area contributed by atoms with Crippen molar-refractivity contribution in [1.29, 1.82) is 0 Å². The summed E-state index contributed by atoms with van der Waals surface area (Å²) in [5, 5.41) is 18.2. The van der Waals surface area contributed by atoms with Crippen molar-refractivity contribution in [3.63, 3.8) is 0 Å². The number of halogens is 1. The van der Waals surface area contributed by atoms with Gasteiger partial charge < -0.3 is 15.9 Å². The molecule has 0 bridgehead atoms. The zero-order chi connectivity index (χ0) is 12.6. The lowest BCUT2D eigenvalue weighted by atomic mass is 10.1. The van der Waals surface area contributed by atoms with Crippen molar-refractivity contribution in [3.8, 4) is 0 Å². The molecule has 92 valence electrons. The first kappa shape index (κ1) is 11.7. The predicted molar refractivity (Wildman–Crippen MR) is 58.4 cm³/mol. The van der Waals surface area contributed by atoms with E-state index in [2.05, 4.69) is 4.98 Å². The summed E-state index contributed by atoms with van der Waals surface area (Å²) in [4.78, 5) is 14.7. The van der Waals surface area contributed by atoms with Crippen LogP contribution in [-0.2, 0) is 0 Å². The predicted octanol–water partition coefficient (Wildman–Crippen LogP) is -0.820. The van der Waals surface area contributed by atoms with Gasteiger partial charge in [-0.15, -0.1) is 0 Å². The Kier molecular flexibility index (Phi) is 2.72. The molecule has 1 aromatic rings. The maximum absolute atomic E-state index is 13.1. The smallest absolute Gasteiger partial charge is 0.353 e. The number of nitrogens with zero attached hydrogens (tertiary/aromatic N) is 2. The fourth-order valence-corrected chi connectivity index (χ4v) is 1.59. The number of nitrogens with two attached hydrogens (primary N) is 1. The summed E-state index contributed by atoms with van der Waals surface area (Å²) < 4.78 is 14.1. The number of hydrogen-bond acceptors (Lipinski definition) is 5. The highest BCUT2D eigenvalue weighted by Crippen LogP contribution is 2.51. The van der Waals surface area contributed by atoms with Gasteiger partial charge in [-0.3, -0.25) is 4.57 Å². The Morgan fingerprint density at radius 2 is 2.24 bits per heavy atom. The summed E-state index contributed by atoms with van der Waals surface area (Å²) in [5.74, 6) is -1.24. The molecule has 7 heteroatoms. The number of hydrogen-bond donors (Lipinski definition) is 3. The fraction of sp³-hybridized carbons (Fsp3) is 0.400. The molecule has 0 radical (unpaired) electrons. The number of nitrogen functional groups attached to an aromatic ring is 1. The number of aliphatic hydroxyl groups is 2. The van der Waals surface area contributed by atoms with Gasteiger partial charge in [-0.25, -0.2) is 9.18 Å². The Morgan fingerprint density at radius 3 is 2.76 bits per heavy atom. The average Bonchev–Trinajstić information content (AvgIpc) is 3.00. The Morgan fingerprint density at radius 1 is 1.59 bits per heavy atom. The SMILES string of the molecule is Nc1nc(=O)n(C=C2CC2(CO)CO)cc1F. The van der Waals surface area contributed by atoms with E-state index in [0.717, 1.165) is 10.8 Å². The molecule has 0 unspecified atom stereocenters. The van der Waals surface area contributed by atoms with Crippen LogP contribution in [-0.4, -0.2) is 33.0 Å². The first-order chi connectivity index (χ1) is 8.02. The van der Waals surface area contributed by atoms with Crippen LogP contribution < -0.4 is 11.4 Å². The molecule has 1 heterocycles. The van der Waals surface area contributed by atoms with Gasteiger partial charge in [0.2, 0.25) is 0 Å². The average molecular weight is 241 g/mol. The number of anilines is 1. The first-order valence-corrected chi connectivity index (χ1v) is 4.99. The van der Waals surface area contributed by atoms with Gasteiger partial charge in [0.25, 0.3) is 0 Å². The van der Waals surface area contributed by atoms with Crippen LogP contribution in [0, 0.1) is 11.2 Å². The highest BCUT2D eigenvalue weighted by Gasteiger charge is 2.48. The second kappa shape index (κ2) is 3.94. The lowest BCUT2D eigenvalue weighted by Gasteiger charge is -2.05. The van der Waals surface area contributed by atoms with Gasteiger partial charge in [0.05, 0.1) is 19.4 Å². The van der Waals surface area contributed by atoms with Gasteiger partial charge in [0.15, 0.2) is 11.6 Å². The molecule has 0 aliphatic heterocycles. The molecular formula is C10H12FN3O3. The minimum absolute atomic E-state index is 0.213. The second-order valence-corrected chi connectivity index (χ2v) is 4.09. The van der Waals surface area contributed by atoms with Crippen LogP contribution in [0.4, 0.5) is 10.2 Å². The zero-order valence-electron chi connectivity index (χ0n) is 8.93. The minimum atomic E-state index is -0.791. The minimum Gasteiger partial charge on any atom is -0.395 e. The van der Waals surface area contributed by atoms with Gasteiger partial charge in [-0.1, -0.05) is 0 Å². The van der Waals surface area contributed by atoms with Crippen LogP contribution in [0.5, 0.6) is 0 Å². The van der Waals surface area contributed by atoms with E-state index in [1.54, 1.807) is 0 Å². The maximum Gasteiger partial charge on any atom is 0.353 e. The van der Waals surface area contributed by atoms with E-state index in [9.17, 15) is 9.18 Å². The van der Waals surface area contributed by atoms with E-state index in [1.807, 2.05) is 0 Å². The quantitative estimate of drug-likeness (QED) is 0.641. The van der Waals surface area contributed by atoms with Crippen LogP contribution in [0.2, 0.25) is 0 Å². The van der Waals surface area contributed by atoms with Crippen LogP contribution >= 0.6 is 0 Å². The molecule has 0 amide bonds. The normalized spacial score (nSPS) is 19.6. The van der Waals surface area contributed by atoms with Gasteiger partial charge in [0.1, 0.15) is 0 Å².